The van der Waals surface area contributed by atoms with Gasteiger partial charge in [-0.3, -0.25) is 4.68 Å². The van der Waals surface area contributed by atoms with Crippen molar-refractivity contribution in [3.63, 3.8) is 0 Å². The zero-order chi connectivity index (χ0) is 11.5. The van der Waals surface area contributed by atoms with Crippen molar-refractivity contribution in [3.8, 4) is 0 Å². The molecule has 0 aliphatic heterocycles. The second-order valence-electron chi connectivity index (χ2n) is 3.90. The van der Waals surface area contributed by atoms with Crippen LogP contribution in [0.1, 0.15) is 31.3 Å². The van der Waals surface area contributed by atoms with Crippen LogP contribution < -0.4 is 0 Å². The molecule has 0 fully saturated rings. The minimum atomic E-state index is 0.273. The first-order valence-electron chi connectivity index (χ1n) is 5.16. The summed E-state index contributed by atoms with van der Waals surface area (Å²) in [6, 6.07) is 3.65. The fourth-order valence-corrected chi connectivity index (χ4v) is 1.60. The molecular formula is C11H13ClN4. The number of nitrogens with zero attached hydrogens (tertiary/aromatic N) is 4. The maximum absolute atomic E-state index is 5.95. The van der Waals surface area contributed by atoms with Crippen molar-refractivity contribution in [2.75, 3.05) is 0 Å². The van der Waals surface area contributed by atoms with Gasteiger partial charge in [0.05, 0.1) is 12.2 Å². The molecule has 0 aromatic carbocycles. The molecule has 2 rings (SSSR count). The van der Waals surface area contributed by atoms with E-state index in [1.807, 2.05) is 30.8 Å². The standard InChI is InChI=1S/C11H13ClN4/c1-8(2)11-14-9(6-10(12)15-11)7-16-5-3-4-13-16/h3-6,8H,7H2,1-2H3. The van der Waals surface area contributed by atoms with Crippen molar-refractivity contribution in [1.82, 2.24) is 19.7 Å². The van der Waals surface area contributed by atoms with Gasteiger partial charge < -0.3 is 0 Å². The molecule has 0 spiro atoms. The lowest BCUT2D eigenvalue weighted by Gasteiger charge is -2.07. The summed E-state index contributed by atoms with van der Waals surface area (Å²) in [5, 5.41) is 4.62. The van der Waals surface area contributed by atoms with Crippen LogP contribution in [0.3, 0.4) is 0 Å². The third-order valence-corrected chi connectivity index (χ3v) is 2.36. The zero-order valence-corrected chi connectivity index (χ0v) is 10.0. The van der Waals surface area contributed by atoms with Crippen LogP contribution >= 0.6 is 11.6 Å². The Balaban J connectivity index is 2.27. The van der Waals surface area contributed by atoms with Crippen LogP contribution in [0, 0.1) is 0 Å². The Morgan fingerprint density at radius 1 is 1.38 bits per heavy atom. The zero-order valence-electron chi connectivity index (χ0n) is 9.26. The molecule has 16 heavy (non-hydrogen) atoms. The van der Waals surface area contributed by atoms with Gasteiger partial charge >= 0.3 is 0 Å². The SMILES string of the molecule is CC(C)c1nc(Cl)cc(Cn2cccn2)n1. The molecule has 0 atom stereocenters. The van der Waals surface area contributed by atoms with Gasteiger partial charge in [-0.05, 0) is 12.1 Å². The van der Waals surface area contributed by atoms with E-state index < -0.39 is 0 Å². The van der Waals surface area contributed by atoms with Crippen LogP contribution in [0.4, 0.5) is 0 Å². The highest BCUT2D eigenvalue weighted by Crippen LogP contribution is 2.14. The molecule has 0 unspecified atom stereocenters. The molecule has 0 radical (unpaired) electrons. The molecule has 0 aliphatic rings. The van der Waals surface area contributed by atoms with Gasteiger partial charge in [-0.1, -0.05) is 25.4 Å². The van der Waals surface area contributed by atoms with E-state index in [0.717, 1.165) is 11.5 Å². The number of halogens is 1. The van der Waals surface area contributed by atoms with Crippen LogP contribution in [0.5, 0.6) is 0 Å². The maximum Gasteiger partial charge on any atom is 0.133 e. The Labute approximate surface area is 99.3 Å². The second kappa shape index (κ2) is 4.61. The second-order valence-corrected chi connectivity index (χ2v) is 4.29. The first-order chi connectivity index (χ1) is 7.65. The summed E-state index contributed by atoms with van der Waals surface area (Å²) in [4.78, 5) is 8.64. The lowest BCUT2D eigenvalue weighted by molar-refractivity contribution is 0.657. The quantitative estimate of drug-likeness (QED) is 0.769. The van der Waals surface area contributed by atoms with E-state index in [-0.39, 0.29) is 5.92 Å². The van der Waals surface area contributed by atoms with Crippen molar-refractivity contribution in [1.29, 1.82) is 0 Å². The van der Waals surface area contributed by atoms with Crippen molar-refractivity contribution in [3.05, 3.63) is 41.2 Å². The first-order valence-corrected chi connectivity index (χ1v) is 5.53. The molecule has 2 heterocycles. The van der Waals surface area contributed by atoms with Crippen LogP contribution in [0.15, 0.2) is 24.5 Å². The molecule has 4 nitrogen and oxygen atoms in total. The van der Waals surface area contributed by atoms with Crippen LogP contribution in [0.2, 0.25) is 5.15 Å². The van der Waals surface area contributed by atoms with E-state index in [4.69, 9.17) is 11.6 Å². The normalized spacial score (nSPS) is 11.0. The van der Waals surface area contributed by atoms with E-state index in [1.165, 1.54) is 0 Å². The number of aromatic nitrogens is 4. The predicted octanol–water partition coefficient (Wildman–Crippen LogP) is 2.50. The summed E-state index contributed by atoms with van der Waals surface area (Å²) >= 11 is 5.95. The summed E-state index contributed by atoms with van der Waals surface area (Å²) in [5.41, 5.74) is 0.882. The lowest BCUT2D eigenvalue weighted by atomic mass is 10.2. The molecule has 0 saturated carbocycles. The molecule has 0 bridgehead atoms. The van der Waals surface area contributed by atoms with Crippen molar-refractivity contribution >= 4 is 11.6 Å². The number of hydrogen-bond acceptors (Lipinski definition) is 3. The van der Waals surface area contributed by atoms with Crippen LogP contribution in [0.25, 0.3) is 0 Å². The molecule has 84 valence electrons. The summed E-state index contributed by atoms with van der Waals surface area (Å²) in [5.74, 6) is 1.05. The van der Waals surface area contributed by atoms with Crippen LogP contribution in [-0.2, 0) is 6.54 Å². The predicted molar refractivity (Wildman–Crippen MR) is 62.5 cm³/mol. The average Bonchev–Trinajstić information content (AvgIpc) is 2.69. The summed E-state index contributed by atoms with van der Waals surface area (Å²) < 4.78 is 1.81. The Kier molecular flexibility index (Phi) is 3.19. The van der Waals surface area contributed by atoms with Gasteiger partial charge in [0.2, 0.25) is 0 Å². The van der Waals surface area contributed by atoms with E-state index in [1.54, 1.807) is 12.3 Å². The van der Waals surface area contributed by atoms with Crippen molar-refractivity contribution < 1.29 is 0 Å². The third kappa shape index (κ3) is 2.58. The summed E-state index contributed by atoms with van der Waals surface area (Å²) in [6.07, 6.45) is 3.64. The fourth-order valence-electron chi connectivity index (χ4n) is 1.38. The molecule has 0 aliphatic carbocycles. The monoisotopic (exact) mass is 236 g/mol. The smallest absolute Gasteiger partial charge is 0.133 e. The van der Waals surface area contributed by atoms with Gasteiger partial charge in [0.1, 0.15) is 11.0 Å². The average molecular weight is 237 g/mol. The Hall–Kier alpha value is -1.42. The third-order valence-electron chi connectivity index (χ3n) is 2.16. The molecule has 2 aromatic heterocycles. The van der Waals surface area contributed by atoms with Crippen molar-refractivity contribution in [2.24, 2.45) is 0 Å². The Morgan fingerprint density at radius 2 is 2.19 bits per heavy atom. The number of rotatable bonds is 3. The van der Waals surface area contributed by atoms with E-state index in [2.05, 4.69) is 15.1 Å². The first kappa shape index (κ1) is 11.1. The fraction of sp³-hybridized carbons (Fsp3) is 0.364. The van der Waals surface area contributed by atoms with E-state index >= 15 is 0 Å². The lowest BCUT2D eigenvalue weighted by Crippen LogP contribution is -2.06. The molecular weight excluding hydrogens is 224 g/mol. The molecule has 2 aromatic rings. The van der Waals surface area contributed by atoms with Gasteiger partial charge in [-0.15, -0.1) is 0 Å². The largest absolute Gasteiger partial charge is 0.267 e. The highest BCUT2D eigenvalue weighted by molar-refractivity contribution is 6.29. The van der Waals surface area contributed by atoms with Gasteiger partial charge in [-0.2, -0.15) is 5.10 Å². The minimum absolute atomic E-state index is 0.273. The van der Waals surface area contributed by atoms with Crippen molar-refractivity contribution in [2.45, 2.75) is 26.3 Å². The van der Waals surface area contributed by atoms with Gasteiger partial charge in [0.25, 0.3) is 0 Å². The minimum Gasteiger partial charge on any atom is -0.267 e. The highest BCUT2D eigenvalue weighted by Gasteiger charge is 2.07. The number of hydrogen-bond donors (Lipinski definition) is 0. The Bertz CT molecular complexity index is 465. The van der Waals surface area contributed by atoms with Gasteiger partial charge in [0.15, 0.2) is 0 Å². The molecule has 5 heteroatoms. The van der Waals surface area contributed by atoms with E-state index in [0.29, 0.717) is 11.7 Å². The van der Waals surface area contributed by atoms with Gasteiger partial charge in [0, 0.05) is 18.3 Å². The topological polar surface area (TPSA) is 43.6 Å². The molecule has 0 saturated heterocycles. The van der Waals surface area contributed by atoms with Gasteiger partial charge in [-0.25, -0.2) is 9.97 Å². The Morgan fingerprint density at radius 3 is 2.81 bits per heavy atom. The molecule has 0 N–H and O–H groups in total. The van der Waals surface area contributed by atoms with Crippen LogP contribution in [-0.4, -0.2) is 19.7 Å². The highest BCUT2D eigenvalue weighted by atomic mass is 35.5. The summed E-state index contributed by atoms with van der Waals surface area (Å²) in [7, 11) is 0. The maximum atomic E-state index is 5.95. The van der Waals surface area contributed by atoms with E-state index in [9.17, 15) is 0 Å². The summed E-state index contributed by atoms with van der Waals surface area (Å²) in [6.45, 7) is 4.71. The molecule has 0 amide bonds.